The highest BCUT2D eigenvalue weighted by atomic mass is 19.4. The smallest absolute Gasteiger partial charge is 0.475 e. The fraction of sp³-hybridized carbons (Fsp3) is 0.909. The average Bonchev–Trinajstić information content (AvgIpc) is 3.42. The van der Waals surface area contributed by atoms with Crippen LogP contribution in [0.1, 0.15) is 131 Å². The number of carbonyl (C=O) groups is 3. The number of carboxylic acid groups (broad SMARTS) is 1. The number of fused-ring (bicyclic) bond motifs is 4. The van der Waals surface area contributed by atoms with Gasteiger partial charge in [-0.05, 0) is 74.0 Å². The van der Waals surface area contributed by atoms with Crippen LogP contribution in [-0.4, -0.2) is 48.1 Å². The summed E-state index contributed by atoms with van der Waals surface area (Å²) in [7, 11) is 0. The van der Waals surface area contributed by atoms with Crippen molar-refractivity contribution in [2.45, 2.75) is 150 Å². The molecular weight excluding hydrogens is 563 g/mol. The number of rotatable bonds is 12. The molecule has 6 unspecified atom stereocenters. The Morgan fingerprint density at radius 2 is 1.16 bits per heavy atom. The maximum absolute atomic E-state index is 12.4. The number of amides is 1. The molecule has 0 aromatic heterocycles. The van der Waals surface area contributed by atoms with Crippen molar-refractivity contribution in [2.75, 3.05) is 6.54 Å². The Balaban J connectivity index is 0.000000646. The zero-order chi connectivity index (χ0) is 32.3. The molecule has 4 bridgehead atoms. The molecule has 4 aliphatic carbocycles. The molecule has 0 spiro atoms. The third kappa shape index (κ3) is 7.63. The number of halogens is 3. The van der Waals surface area contributed by atoms with Crippen LogP contribution in [0.4, 0.5) is 18.0 Å². The van der Waals surface area contributed by atoms with Crippen LogP contribution in [-0.2, 0) is 19.1 Å². The average molecular weight is 618 g/mol. The molecule has 4 fully saturated rings. The lowest BCUT2D eigenvalue weighted by molar-refractivity contribution is -0.192. The molecule has 0 aromatic rings. The quantitative estimate of drug-likeness (QED) is 0.168. The van der Waals surface area contributed by atoms with Gasteiger partial charge in [0, 0.05) is 23.8 Å². The Morgan fingerprint density at radius 1 is 0.744 bits per heavy atom. The summed E-state index contributed by atoms with van der Waals surface area (Å²) in [6.07, 6.45) is 10.1. The van der Waals surface area contributed by atoms with E-state index in [9.17, 15) is 22.8 Å². The number of ether oxygens (including phenoxy) is 2. The van der Waals surface area contributed by atoms with Crippen LogP contribution in [0, 0.1) is 33.5 Å². The second-order valence-corrected chi connectivity index (χ2v) is 15.0. The first kappa shape index (κ1) is 35.5. The van der Waals surface area contributed by atoms with Crippen LogP contribution in [0.2, 0.25) is 0 Å². The molecule has 248 valence electrons. The van der Waals surface area contributed by atoms with Crippen LogP contribution >= 0.6 is 0 Å². The summed E-state index contributed by atoms with van der Waals surface area (Å²) < 4.78 is 43.6. The van der Waals surface area contributed by atoms with Crippen molar-refractivity contribution in [1.29, 1.82) is 0 Å². The van der Waals surface area contributed by atoms with Crippen LogP contribution in [0.25, 0.3) is 0 Å². The van der Waals surface area contributed by atoms with Crippen LogP contribution in [0.5, 0.6) is 0 Å². The first-order chi connectivity index (χ1) is 19.9. The molecule has 43 heavy (non-hydrogen) atoms. The van der Waals surface area contributed by atoms with E-state index in [1.165, 1.54) is 38.5 Å². The van der Waals surface area contributed by atoms with Gasteiger partial charge in [0.1, 0.15) is 12.2 Å². The van der Waals surface area contributed by atoms with Gasteiger partial charge >= 0.3 is 24.2 Å². The first-order valence-corrected chi connectivity index (χ1v) is 16.3. The van der Waals surface area contributed by atoms with Gasteiger partial charge in [0.05, 0.1) is 0 Å². The summed E-state index contributed by atoms with van der Waals surface area (Å²) >= 11 is 0. The number of unbranched alkanes of at least 4 members (excludes halogenated alkanes) is 6. The molecule has 0 radical (unpaired) electrons. The van der Waals surface area contributed by atoms with Crippen LogP contribution in [0.3, 0.4) is 0 Å². The van der Waals surface area contributed by atoms with Crippen molar-refractivity contribution in [3.63, 3.8) is 0 Å². The van der Waals surface area contributed by atoms with E-state index in [1.807, 2.05) is 0 Å². The fourth-order valence-electron chi connectivity index (χ4n) is 8.47. The summed E-state index contributed by atoms with van der Waals surface area (Å²) in [5, 5.41) is 10.1. The van der Waals surface area contributed by atoms with Crippen molar-refractivity contribution in [3.05, 3.63) is 0 Å². The van der Waals surface area contributed by atoms with Gasteiger partial charge in [0.2, 0.25) is 0 Å². The third-order valence-corrected chi connectivity index (χ3v) is 12.5. The van der Waals surface area contributed by atoms with Gasteiger partial charge in [0.25, 0.3) is 0 Å². The molecule has 4 aliphatic rings. The number of esters is 1. The molecule has 0 aliphatic heterocycles. The minimum absolute atomic E-state index is 0.00512. The topological polar surface area (TPSA) is 102 Å². The Kier molecular flexibility index (Phi) is 11.2. The molecule has 4 saturated carbocycles. The monoisotopic (exact) mass is 617 g/mol. The zero-order valence-corrected chi connectivity index (χ0v) is 27.0. The lowest BCUT2D eigenvalue weighted by atomic mass is 9.70. The maximum Gasteiger partial charge on any atom is 0.490 e. The number of aliphatic carboxylic acids is 1. The summed E-state index contributed by atoms with van der Waals surface area (Å²) in [6, 6.07) is 0. The van der Waals surface area contributed by atoms with Gasteiger partial charge in [-0.1, -0.05) is 73.6 Å². The van der Waals surface area contributed by atoms with E-state index >= 15 is 0 Å². The summed E-state index contributed by atoms with van der Waals surface area (Å²) in [4.78, 5) is 33.6. The predicted molar refractivity (Wildman–Crippen MR) is 157 cm³/mol. The highest BCUT2D eigenvalue weighted by molar-refractivity contribution is 5.73. The van der Waals surface area contributed by atoms with E-state index in [1.54, 1.807) is 0 Å². The molecule has 7 nitrogen and oxygen atoms in total. The SMILES string of the molecule is CC1(C)C2CCC1(C)C(OC(=O)CCCCCCCCCNC(=O)OC1CC3CCC1(C)C3(C)C)C2.O=C(O)C(F)(F)F. The number of nitrogens with one attached hydrogen (secondary N) is 1. The molecule has 10 heteroatoms. The fourth-order valence-corrected chi connectivity index (χ4v) is 8.47. The Labute approximate surface area is 255 Å². The van der Waals surface area contributed by atoms with Crippen molar-refractivity contribution in [1.82, 2.24) is 5.32 Å². The Hall–Kier alpha value is -2.00. The largest absolute Gasteiger partial charge is 0.490 e. The van der Waals surface area contributed by atoms with Gasteiger partial charge < -0.3 is 19.9 Å². The zero-order valence-electron chi connectivity index (χ0n) is 27.0. The number of alkyl carbamates (subject to hydrolysis) is 1. The van der Waals surface area contributed by atoms with Crippen molar-refractivity contribution < 1.29 is 42.1 Å². The summed E-state index contributed by atoms with van der Waals surface area (Å²) in [5.41, 5.74) is 0.837. The normalized spacial score (nSPS) is 33.0. The minimum atomic E-state index is -5.08. The summed E-state index contributed by atoms with van der Waals surface area (Å²) in [5.74, 6) is -1.36. The maximum atomic E-state index is 12.4. The first-order valence-electron chi connectivity index (χ1n) is 16.3. The number of alkyl halides is 3. The van der Waals surface area contributed by atoms with Crippen LogP contribution in [0.15, 0.2) is 0 Å². The van der Waals surface area contributed by atoms with E-state index in [-0.39, 0.29) is 40.5 Å². The molecular formula is C33H54F3NO6. The van der Waals surface area contributed by atoms with Gasteiger partial charge in [-0.3, -0.25) is 4.79 Å². The number of hydrogen-bond donors (Lipinski definition) is 2. The molecule has 0 saturated heterocycles. The van der Waals surface area contributed by atoms with E-state index in [4.69, 9.17) is 19.4 Å². The minimum Gasteiger partial charge on any atom is -0.475 e. The number of carbonyl (C=O) groups excluding carboxylic acids is 2. The van der Waals surface area contributed by atoms with Crippen molar-refractivity contribution in [2.24, 2.45) is 33.5 Å². The standard InChI is InChI=1S/C31H53NO4.C2HF3O2/c1-28(2)22-15-17-30(28,5)24(20-22)35-26(33)14-12-10-8-7-9-11-13-19-32-27(34)36-25-21-23-16-18-31(25,6)29(23,3)4;3-2(4,5)1(6)7/h22-25H,7-21H2,1-6H3,(H,32,34);(H,6,7). The highest BCUT2D eigenvalue weighted by Gasteiger charge is 2.63. The molecule has 2 N–H and O–H groups in total. The Bertz CT molecular complexity index is 932. The third-order valence-electron chi connectivity index (χ3n) is 12.5. The van der Waals surface area contributed by atoms with Gasteiger partial charge in [0.15, 0.2) is 0 Å². The molecule has 1 amide bonds. The van der Waals surface area contributed by atoms with E-state index in [2.05, 4.69) is 46.9 Å². The molecule has 0 aromatic carbocycles. The molecule has 4 rings (SSSR count). The van der Waals surface area contributed by atoms with E-state index in [0.29, 0.717) is 30.2 Å². The highest BCUT2D eigenvalue weighted by Crippen LogP contribution is 2.67. The van der Waals surface area contributed by atoms with Crippen LogP contribution < -0.4 is 5.32 Å². The van der Waals surface area contributed by atoms with E-state index in [0.717, 1.165) is 44.9 Å². The molecule has 6 atom stereocenters. The summed E-state index contributed by atoms with van der Waals surface area (Å²) in [6.45, 7) is 14.7. The second-order valence-electron chi connectivity index (χ2n) is 15.0. The van der Waals surface area contributed by atoms with Crippen molar-refractivity contribution >= 4 is 18.0 Å². The van der Waals surface area contributed by atoms with Crippen molar-refractivity contribution in [3.8, 4) is 0 Å². The lowest BCUT2D eigenvalue weighted by Gasteiger charge is -2.38. The second kappa shape index (κ2) is 13.6. The van der Waals surface area contributed by atoms with E-state index < -0.39 is 12.1 Å². The predicted octanol–water partition coefficient (Wildman–Crippen LogP) is 8.44. The molecule has 0 heterocycles. The lowest BCUT2D eigenvalue weighted by Crippen LogP contribution is -2.40. The van der Waals surface area contributed by atoms with Gasteiger partial charge in [-0.2, -0.15) is 13.2 Å². The van der Waals surface area contributed by atoms with Gasteiger partial charge in [-0.15, -0.1) is 0 Å². The number of hydrogen-bond acceptors (Lipinski definition) is 5. The number of carboxylic acids is 1. The van der Waals surface area contributed by atoms with Gasteiger partial charge in [-0.25, -0.2) is 9.59 Å². The Morgan fingerprint density at radius 3 is 1.56 bits per heavy atom.